The highest BCUT2D eigenvalue weighted by molar-refractivity contribution is 7.97. The molecule has 3 heterocycles. The summed E-state index contributed by atoms with van der Waals surface area (Å²) in [5, 5.41) is 10.3. The fourth-order valence-corrected chi connectivity index (χ4v) is 6.42. The van der Waals surface area contributed by atoms with Gasteiger partial charge in [-0.2, -0.15) is 0 Å². The first-order valence-corrected chi connectivity index (χ1v) is 12.7. The largest absolute Gasteiger partial charge is 0.272 e. The average molecular weight is 463 g/mol. The molecule has 0 fully saturated rings. The first-order valence-electron chi connectivity index (χ1n) is 10.9. The minimum Gasteiger partial charge on any atom is -0.272 e. The first-order chi connectivity index (χ1) is 15.5. The Morgan fingerprint density at radius 2 is 2.03 bits per heavy atom. The van der Waals surface area contributed by atoms with Gasteiger partial charge in [-0.25, -0.2) is 4.31 Å². The minimum atomic E-state index is 0.175. The van der Waals surface area contributed by atoms with Gasteiger partial charge in [0.15, 0.2) is 5.82 Å². The van der Waals surface area contributed by atoms with Gasteiger partial charge in [-0.05, 0) is 44.7 Å². The summed E-state index contributed by atoms with van der Waals surface area (Å²) in [7, 11) is 0. The summed E-state index contributed by atoms with van der Waals surface area (Å²) in [6, 6.07) is 10.9. The molecule has 166 valence electrons. The van der Waals surface area contributed by atoms with Gasteiger partial charge in [0.1, 0.15) is 10.8 Å². The first kappa shape index (κ1) is 22.8. The number of fused-ring (bicyclic) bond motifs is 3. The van der Waals surface area contributed by atoms with Crippen molar-refractivity contribution in [2.45, 2.75) is 46.2 Å². The van der Waals surface area contributed by atoms with E-state index in [-0.39, 0.29) is 6.04 Å². The molecule has 0 saturated heterocycles. The predicted molar refractivity (Wildman–Crippen MR) is 137 cm³/mol. The Labute approximate surface area is 199 Å². The quantitative estimate of drug-likeness (QED) is 0.281. The van der Waals surface area contributed by atoms with Crippen LogP contribution in [0.1, 0.15) is 46.2 Å². The van der Waals surface area contributed by atoms with Crippen molar-refractivity contribution in [3.8, 4) is 5.00 Å². The van der Waals surface area contributed by atoms with E-state index < -0.39 is 0 Å². The van der Waals surface area contributed by atoms with Crippen LogP contribution in [-0.4, -0.2) is 24.8 Å². The Morgan fingerprint density at radius 1 is 1.25 bits per heavy atom. The lowest BCUT2D eigenvalue weighted by molar-refractivity contribution is 0.366. The van der Waals surface area contributed by atoms with Crippen molar-refractivity contribution in [2.75, 3.05) is 5.75 Å². The zero-order chi connectivity index (χ0) is 22.7. The average Bonchev–Trinajstić information content (AvgIpc) is 3.28. The van der Waals surface area contributed by atoms with Crippen molar-refractivity contribution in [2.24, 2.45) is 0 Å². The van der Waals surface area contributed by atoms with Crippen molar-refractivity contribution >= 4 is 23.3 Å². The highest BCUT2D eigenvalue weighted by atomic mass is 32.2. The van der Waals surface area contributed by atoms with Crippen LogP contribution in [0.15, 0.2) is 67.3 Å². The van der Waals surface area contributed by atoms with Gasteiger partial charge in [0, 0.05) is 22.7 Å². The summed E-state index contributed by atoms with van der Waals surface area (Å²) < 4.78 is 4.74. The second kappa shape index (κ2) is 10.0. The lowest BCUT2D eigenvalue weighted by Gasteiger charge is -2.25. The van der Waals surface area contributed by atoms with E-state index in [9.17, 15) is 0 Å². The van der Waals surface area contributed by atoms with Crippen molar-refractivity contribution < 1.29 is 0 Å². The van der Waals surface area contributed by atoms with E-state index in [0.717, 1.165) is 42.4 Å². The molecule has 32 heavy (non-hydrogen) atoms. The Kier molecular flexibility index (Phi) is 7.13. The summed E-state index contributed by atoms with van der Waals surface area (Å²) in [6.07, 6.45) is 7.70. The van der Waals surface area contributed by atoms with Gasteiger partial charge >= 0.3 is 0 Å². The third kappa shape index (κ3) is 4.68. The normalized spacial score (nSPS) is 16.0. The Morgan fingerprint density at radius 3 is 2.78 bits per heavy atom. The molecule has 0 radical (unpaired) electrons. The molecule has 6 heteroatoms. The molecule has 1 aliphatic heterocycles. The van der Waals surface area contributed by atoms with Gasteiger partial charge in [-0.3, -0.25) is 4.57 Å². The molecular weight excluding hydrogens is 432 g/mol. The summed E-state index contributed by atoms with van der Waals surface area (Å²) in [6.45, 7) is 15.4. The number of nitrogens with zero attached hydrogens (tertiary/aromatic N) is 4. The highest BCUT2D eigenvalue weighted by Crippen LogP contribution is 2.42. The van der Waals surface area contributed by atoms with Crippen molar-refractivity contribution in [3.63, 3.8) is 0 Å². The predicted octanol–water partition coefficient (Wildman–Crippen LogP) is 6.55. The number of hydrogen-bond donors (Lipinski definition) is 0. The van der Waals surface area contributed by atoms with E-state index in [1.807, 2.05) is 36.3 Å². The van der Waals surface area contributed by atoms with E-state index in [0.29, 0.717) is 0 Å². The van der Waals surface area contributed by atoms with Crippen molar-refractivity contribution in [1.82, 2.24) is 19.1 Å². The van der Waals surface area contributed by atoms with E-state index in [1.165, 1.54) is 26.6 Å². The number of benzene rings is 1. The lowest BCUT2D eigenvalue weighted by atomic mass is 10.0. The van der Waals surface area contributed by atoms with Crippen LogP contribution in [0, 0.1) is 13.8 Å². The summed E-state index contributed by atoms with van der Waals surface area (Å²) in [4.78, 5) is 1.34. The maximum Gasteiger partial charge on any atom is 0.156 e. The maximum absolute atomic E-state index is 4.58. The van der Waals surface area contributed by atoms with Crippen LogP contribution < -0.4 is 0 Å². The molecule has 4 nitrogen and oxygen atoms in total. The maximum atomic E-state index is 4.58. The number of hydrogen-bond acceptors (Lipinski definition) is 5. The van der Waals surface area contributed by atoms with Gasteiger partial charge in [-0.15, -0.1) is 21.5 Å². The third-order valence-electron chi connectivity index (χ3n) is 5.83. The molecule has 0 aliphatic carbocycles. The van der Waals surface area contributed by atoms with Crippen LogP contribution in [0.3, 0.4) is 0 Å². The Balaban J connectivity index is 1.65. The molecule has 0 unspecified atom stereocenters. The molecular formula is C26H30N4S2. The smallest absolute Gasteiger partial charge is 0.156 e. The van der Waals surface area contributed by atoms with Crippen LogP contribution in [0.4, 0.5) is 0 Å². The molecule has 0 spiro atoms. The fourth-order valence-electron chi connectivity index (χ4n) is 4.08. The van der Waals surface area contributed by atoms with Crippen molar-refractivity contribution in [1.29, 1.82) is 0 Å². The van der Waals surface area contributed by atoms with E-state index in [4.69, 9.17) is 0 Å². The molecule has 0 amide bonds. The Hall–Kier alpha value is -2.41. The molecule has 4 rings (SSSR count). The van der Waals surface area contributed by atoms with Crippen LogP contribution in [-0.2, 0) is 19.4 Å². The molecule has 0 bridgehead atoms. The summed E-state index contributed by atoms with van der Waals surface area (Å²) in [5.74, 6) is 3.00. The fraction of sp³-hybridized carbons (Fsp3) is 0.308. The Bertz CT molecular complexity index is 1140. The van der Waals surface area contributed by atoms with Crippen LogP contribution in [0.2, 0.25) is 0 Å². The topological polar surface area (TPSA) is 34.0 Å². The molecule has 0 N–H and O–H groups in total. The molecule has 1 aliphatic rings. The second-order valence-corrected chi connectivity index (χ2v) is 10.4. The number of aryl methyl sites for hydroxylation is 3. The molecule has 3 aromatic rings. The number of rotatable bonds is 8. The van der Waals surface area contributed by atoms with Crippen LogP contribution >= 0.6 is 23.3 Å². The summed E-state index contributed by atoms with van der Waals surface area (Å²) >= 11 is 3.75. The molecule has 2 aromatic heterocycles. The minimum absolute atomic E-state index is 0.175. The highest BCUT2D eigenvalue weighted by Gasteiger charge is 2.32. The SMILES string of the molecule is C=C/C=C\C(=C)Cc1c(C)sc2c1CN(SCCc1ccccc1)[C@@H](C)c1nnc(C)n1-2. The van der Waals surface area contributed by atoms with Gasteiger partial charge in [-0.1, -0.05) is 79.2 Å². The number of thiophene rings is 1. The van der Waals surface area contributed by atoms with Gasteiger partial charge in [0.25, 0.3) is 0 Å². The van der Waals surface area contributed by atoms with Crippen LogP contribution in [0.5, 0.6) is 0 Å². The standard InChI is InChI=1S/C26H30N4S2/c1-6-7-11-18(2)16-23-20(4)32-26-24(23)17-29(19(3)25-28-27-21(5)30(25)26)31-15-14-22-12-9-8-10-13-22/h6-13,19H,1-2,14-17H2,3-5H3/b11-7-/t19-/m0/s1. The third-order valence-corrected chi connectivity index (χ3v) is 8.17. The molecule has 1 atom stereocenters. The van der Waals surface area contributed by atoms with Gasteiger partial charge in [0.05, 0.1) is 6.04 Å². The second-order valence-electron chi connectivity index (χ2n) is 8.11. The monoisotopic (exact) mass is 462 g/mol. The van der Waals surface area contributed by atoms with Crippen molar-refractivity contribution in [3.05, 3.63) is 101 Å². The van der Waals surface area contributed by atoms with Gasteiger partial charge in [0.2, 0.25) is 0 Å². The summed E-state index contributed by atoms with van der Waals surface area (Å²) in [5.41, 5.74) is 5.22. The van der Waals surface area contributed by atoms with Gasteiger partial charge < -0.3 is 0 Å². The number of allylic oxidation sites excluding steroid dienone is 4. The lowest BCUT2D eigenvalue weighted by Crippen LogP contribution is -2.21. The molecule has 1 aromatic carbocycles. The number of aromatic nitrogens is 3. The van der Waals surface area contributed by atoms with E-state index in [1.54, 1.807) is 6.08 Å². The van der Waals surface area contributed by atoms with E-state index >= 15 is 0 Å². The zero-order valence-electron chi connectivity index (χ0n) is 19.0. The van der Waals surface area contributed by atoms with E-state index in [2.05, 4.69) is 82.5 Å². The zero-order valence-corrected chi connectivity index (χ0v) is 20.7. The molecule has 0 saturated carbocycles. The van der Waals surface area contributed by atoms with Crippen LogP contribution in [0.25, 0.3) is 5.00 Å².